The summed E-state index contributed by atoms with van der Waals surface area (Å²) in [6.45, 7) is 0. The van der Waals surface area contributed by atoms with Crippen molar-refractivity contribution in [2.45, 2.75) is 24.7 Å². The van der Waals surface area contributed by atoms with Crippen LogP contribution < -0.4 is 0 Å². The topological polar surface area (TPSA) is 23.8 Å². The molecule has 0 saturated heterocycles. The lowest BCUT2D eigenvalue weighted by Crippen LogP contribution is -2.36. The molecule has 1 aromatic rings. The SMILES string of the molecule is N#Cc1ccccc1C1CCC1(F)F. The molecule has 1 nitrogen and oxygen atoms in total. The fraction of sp³-hybridized carbons (Fsp3) is 0.364. The van der Waals surface area contributed by atoms with Gasteiger partial charge in [0.2, 0.25) is 0 Å². The van der Waals surface area contributed by atoms with Crippen LogP contribution in [0.4, 0.5) is 8.78 Å². The Balaban J connectivity index is 2.38. The van der Waals surface area contributed by atoms with Crippen LogP contribution in [0.5, 0.6) is 0 Å². The summed E-state index contributed by atoms with van der Waals surface area (Å²) in [7, 11) is 0. The summed E-state index contributed by atoms with van der Waals surface area (Å²) in [5, 5.41) is 8.76. The van der Waals surface area contributed by atoms with Gasteiger partial charge in [0, 0.05) is 12.3 Å². The Hall–Kier alpha value is -1.43. The molecular weight excluding hydrogens is 184 g/mol. The van der Waals surface area contributed by atoms with E-state index in [2.05, 4.69) is 0 Å². The molecule has 1 aliphatic rings. The molecule has 3 heteroatoms. The zero-order valence-corrected chi connectivity index (χ0v) is 7.50. The maximum atomic E-state index is 13.1. The van der Waals surface area contributed by atoms with Gasteiger partial charge in [0.15, 0.2) is 0 Å². The first kappa shape index (κ1) is 9.14. The van der Waals surface area contributed by atoms with Gasteiger partial charge in [0.05, 0.1) is 11.6 Å². The molecular formula is C11H9F2N. The van der Waals surface area contributed by atoms with E-state index in [-0.39, 0.29) is 6.42 Å². The van der Waals surface area contributed by atoms with Crippen LogP contribution in [-0.4, -0.2) is 5.92 Å². The molecule has 1 fully saturated rings. The summed E-state index contributed by atoms with van der Waals surface area (Å²) in [6.07, 6.45) is 0.420. The maximum Gasteiger partial charge on any atom is 0.254 e. The lowest BCUT2D eigenvalue weighted by atomic mass is 9.75. The van der Waals surface area contributed by atoms with Gasteiger partial charge < -0.3 is 0 Å². The van der Waals surface area contributed by atoms with Crippen LogP contribution >= 0.6 is 0 Å². The Labute approximate surface area is 81.0 Å². The first-order valence-corrected chi connectivity index (χ1v) is 4.52. The molecule has 72 valence electrons. The average Bonchev–Trinajstić information content (AvgIpc) is 2.17. The molecule has 0 amide bonds. The molecule has 1 aromatic carbocycles. The molecule has 1 aliphatic carbocycles. The Morgan fingerprint density at radius 3 is 2.57 bits per heavy atom. The van der Waals surface area contributed by atoms with Crippen LogP contribution in [0, 0.1) is 11.3 Å². The first-order chi connectivity index (χ1) is 6.65. The summed E-state index contributed by atoms with van der Waals surface area (Å²) in [5.41, 5.74) is 0.864. The lowest BCUT2D eigenvalue weighted by Gasteiger charge is -2.36. The Bertz CT molecular complexity index is 393. The number of rotatable bonds is 1. The van der Waals surface area contributed by atoms with Gasteiger partial charge >= 0.3 is 0 Å². The van der Waals surface area contributed by atoms with Crippen molar-refractivity contribution in [1.82, 2.24) is 0 Å². The number of benzene rings is 1. The third-order valence-electron chi connectivity index (χ3n) is 2.73. The Morgan fingerprint density at radius 1 is 1.36 bits per heavy atom. The third kappa shape index (κ3) is 1.27. The monoisotopic (exact) mass is 193 g/mol. The van der Waals surface area contributed by atoms with Crippen molar-refractivity contribution in [3.63, 3.8) is 0 Å². The van der Waals surface area contributed by atoms with Gasteiger partial charge in [-0.3, -0.25) is 0 Å². The van der Waals surface area contributed by atoms with Crippen LogP contribution in [-0.2, 0) is 0 Å². The normalized spacial score (nSPS) is 23.6. The van der Waals surface area contributed by atoms with Crippen LogP contribution in [0.1, 0.15) is 29.9 Å². The second-order valence-corrected chi connectivity index (χ2v) is 3.55. The second kappa shape index (κ2) is 3.06. The van der Waals surface area contributed by atoms with Crippen molar-refractivity contribution in [3.8, 4) is 6.07 Å². The summed E-state index contributed by atoms with van der Waals surface area (Å²) >= 11 is 0. The Morgan fingerprint density at radius 2 is 2.07 bits per heavy atom. The minimum atomic E-state index is -2.62. The van der Waals surface area contributed by atoms with Gasteiger partial charge in [0.1, 0.15) is 0 Å². The van der Waals surface area contributed by atoms with Gasteiger partial charge in [-0.25, -0.2) is 8.78 Å². The summed E-state index contributed by atoms with van der Waals surface area (Å²) in [4.78, 5) is 0. The standard InChI is InChI=1S/C11H9F2N/c12-11(13)6-5-10(11)9-4-2-1-3-8(9)7-14/h1-4,10H,5-6H2. The third-order valence-corrected chi connectivity index (χ3v) is 2.73. The van der Waals surface area contributed by atoms with Crippen molar-refractivity contribution in [2.75, 3.05) is 0 Å². The van der Waals surface area contributed by atoms with E-state index < -0.39 is 11.8 Å². The predicted molar refractivity (Wildman–Crippen MR) is 48.1 cm³/mol. The molecule has 0 heterocycles. The molecule has 0 bridgehead atoms. The predicted octanol–water partition coefficient (Wildman–Crippen LogP) is 3.07. The smallest absolute Gasteiger partial charge is 0.206 e. The molecule has 1 unspecified atom stereocenters. The number of nitriles is 1. The van der Waals surface area contributed by atoms with E-state index in [1.54, 1.807) is 24.3 Å². The van der Waals surface area contributed by atoms with Crippen LogP contribution in [0.15, 0.2) is 24.3 Å². The molecule has 0 aliphatic heterocycles. The first-order valence-electron chi connectivity index (χ1n) is 4.52. The van der Waals surface area contributed by atoms with Crippen molar-refractivity contribution in [3.05, 3.63) is 35.4 Å². The van der Waals surface area contributed by atoms with E-state index in [1.807, 2.05) is 6.07 Å². The largest absolute Gasteiger partial charge is 0.254 e. The van der Waals surface area contributed by atoms with Crippen molar-refractivity contribution < 1.29 is 8.78 Å². The average molecular weight is 193 g/mol. The number of alkyl halides is 2. The van der Waals surface area contributed by atoms with E-state index >= 15 is 0 Å². The number of halogens is 2. The van der Waals surface area contributed by atoms with E-state index in [9.17, 15) is 8.78 Å². The van der Waals surface area contributed by atoms with Crippen molar-refractivity contribution >= 4 is 0 Å². The molecule has 14 heavy (non-hydrogen) atoms. The highest BCUT2D eigenvalue weighted by molar-refractivity contribution is 5.41. The summed E-state index contributed by atoms with van der Waals surface area (Å²) < 4.78 is 26.2. The highest BCUT2D eigenvalue weighted by Gasteiger charge is 2.49. The molecule has 1 saturated carbocycles. The molecule has 0 N–H and O–H groups in total. The summed E-state index contributed by atoms with van der Waals surface area (Å²) in [5.74, 6) is -3.37. The minimum Gasteiger partial charge on any atom is -0.206 e. The molecule has 0 spiro atoms. The zero-order chi connectivity index (χ0) is 10.2. The minimum absolute atomic E-state index is 0.0581. The highest BCUT2D eigenvalue weighted by Crippen LogP contribution is 2.50. The zero-order valence-electron chi connectivity index (χ0n) is 7.50. The number of hydrogen-bond donors (Lipinski definition) is 0. The molecule has 2 rings (SSSR count). The lowest BCUT2D eigenvalue weighted by molar-refractivity contribution is -0.0963. The van der Waals surface area contributed by atoms with E-state index in [0.29, 0.717) is 17.5 Å². The fourth-order valence-electron chi connectivity index (χ4n) is 1.79. The van der Waals surface area contributed by atoms with E-state index in [1.165, 1.54) is 0 Å². The number of hydrogen-bond acceptors (Lipinski definition) is 1. The fourth-order valence-corrected chi connectivity index (χ4v) is 1.79. The molecule has 1 atom stereocenters. The van der Waals surface area contributed by atoms with Gasteiger partial charge in [-0.2, -0.15) is 5.26 Å². The van der Waals surface area contributed by atoms with E-state index in [0.717, 1.165) is 0 Å². The molecule has 0 aromatic heterocycles. The van der Waals surface area contributed by atoms with Gasteiger partial charge in [-0.05, 0) is 18.1 Å². The number of nitrogens with zero attached hydrogens (tertiary/aromatic N) is 1. The van der Waals surface area contributed by atoms with Gasteiger partial charge in [0.25, 0.3) is 5.92 Å². The van der Waals surface area contributed by atoms with Crippen molar-refractivity contribution in [2.24, 2.45) is 0 Å². The van der Waals surface area contributed by atoms with Crippen LogP contribution in [0.2, 0.25) is 0 Å². The quantitative estimate of drug-likeness (QED) is 0.672. The van der Waals surface area contributed by atoms with Crippen LogP contribution in [0.25, 0.3) is 0 Å². The maximum absolute atomic E-state index is 13.1. The summed E-state index contributed by atoms with van der Waals surface area (Å²) in [6, 6.07) is 8.55. The Kier molecular flexibility index (Phi) is 1.99. The van der Waals surface area contributed by atoms with E-state index in [4.69, 9.17) is 5.26 Å². The second-order valence-electron chi connectivity index (χ2n) is 3.55. The van der Waals surface area contributed by atoms with Crippen molar-refractivity contribution in [1.29, 1.82) is 5.26 Å². The molecule has 0 radical (unpaired) electrons. The van der Waals surface area contributed by atoms with Crippen LogP contribution in [0.3, 0.4) is 0 Å². The highest BCUT2D eigenvalue weighted by atomic mass is 19.3. The van der Waals surface area contributed by atoms with Gasteiger partial charge in [-0.1, -0.05) is 18.2 Å². The van der Waals surface area contributed by atoms with Gasteiger partial charge in [-0.15, -0.1) is 0 Å².